The fourth-order valence-corrected chi connectivity index (χ4v) is 4.41. The van der Waals surface area contributed by atoms with E-state index in [0.29, 0.717) is 24.5 Å². The van der Waals surface area contributed by atoms with Crippen LogP contribution in [0.5, 0.6) is 0 Å². The van der Waals surface area contributed by atoms with Gasteiger partial charge in [0.2, 0.25) is 0 Å². The quantitative estimate of drug-likeness (QED) is 0.870. The van der Waals surface area contributed by atoms with Crippen LogP contribution >= 0.6 is 27.3 Å². The summed E-state index contributed by atoms with van der Waals surface area (Å²) in [4.78, 5) is 1.36. The van der Waals surface area contributed by atoms with E-state index in [9.17, 15) is 5.11 Å². The fourth-order valence-electron chi connectivity index (χ4n) is 2.66. The van der Waals surface area contributed by atoms with Gasteiger partial charge in [0.25, 0.3) is 0 Å². The Morgan fingerprint density at radius 1 is 1.53 bits per heavy atom. The molecule has 1 aliphatic rings. The van der Waals surface area contributed by atoms with Gasteiger partial charge in [-0.05, 0) is 65.5 Å². The van der Waals surface area contributed by atoms with Crippen LogP contribution in [0.15, 0.2) is 15.9 Å². The van der Waals surface area contributed by atoms with Crippen LogP contribution in [-0.2, 0) is 0 Å². The Labute approximate surface area is 116 Å². The molecule has 1 aromatic heterocycles. The van der Waals surface area contributed by atoms with Crippen LogP contribution in [0.4, 0.5) is 0 Å². The minimum Gasteiger partial charge on any atom is -0.396 e. The molecule has 1 saturated carbocycles. The smallest absolute Gasteiger partial charge is 0.0462 e. The minimum absolute atomic E-state index is 0.351. The number of hydrogen-bond acceptors (Lipinski definition) is 3. The van der Waals surface area contributed by atoms with Gasteiger partial charge in [0.1, 0.15) is 0 Å². The van der Waals surface area contributed by atoms with Gasteiger partial charge >= 0.3 is 0 Å². The lowest BCUT2D eigenvalue weighted by Gasteiger charge is -2.21. The third kappa shape index (κ3) is 3.31. The van der Waals surface area contributed by atoms with Gasteiger partial charge in [0, 0.05) is 22.0 Å². The Morgan fingerprint density at radius 3 is 2.94 bits per heavy atom. The summed E-state index contributed by atoms with van der Waals surface area (Å²) in [5.74, 6) is 1.17. The lowest BCUT2D eigenvalue weighted by molar-refractivity contribution is 0.190. The molecule has 0 aromatic carbocycles. The molecule has 17 heavy (non-hydrogen) atoms. The summed E-state index contributed by atoms with van der Waals surface area (Å²) in [6, 6.07) is 2.49. The molecule has 0 radical (unpaired) electrons. The summed E-state index contributed by atoms with van der Waals surface area (Å²) in [5, 5.41) is 15.0. The van der Waals surface area contributed by atoms with Gasteiger partial charge in [-0.3, -0.25) is 0 Å². The van der Waals surface area contributed by atoms with E-state index in [1.54, 1.807) is 11.3 Å². The van der Waals surface area contributed by atoms with Crippen molar-refractivity contribution in [1.29, 1.82) is 0 Å². The van der Waals surface area contributed by atoms with E-state index >= 15 is 0 Å². The van der Waals surface area contributed by atoms with Crippen molar-refractivity contribution in [3.8, 4) is 0 Å². The molecule has 0 bridgehead atoms. The minimum atomic E-state index is 0.351. The SMILES string of the molecule is CC(NCC1CCCC1CO)c1sccc1Br. The number of hydrogen-bond donors (Lipinski definition) is 2. The molecule has 1 heterocycles. The van der Waals surface area contributed by atoms with E-state index in [1.165, 1.54) is 28.6 Å². The number of thiophene rings is 1. The first-order chi connectivity index (χ1) is 8.22. The lowest BCUT2D eigenvalue weighted by atomic mass is 9.97. The highest BCUT2D eigenvalue weighted by Gasteiger charge is 2.26. The highest BCUT2D eigenvalue weighted by atomic mass is 79.9. The number of aliphatic hydroxyl groups is 1. The van der Waals surface area contributed by atoms with Crippen LogP contribution < -0.4 is 5.32 Å². The highest BCUT2D eigenvalue weighted by molar-refractivity contribution is 9.10. The van der Waals surface area contributed by atoms with Gasteiger partial charge in [-0.2, -0.15) is 0 Å². The molecule has 0 amide bonds. The van der Waals surface area contributed by atoms with Crippen LogP contribution in [0.25, 0.3) is 0 Å². The van der Waals surface area contributed by atoms with Crippen molar-refractivity contribution in [2.24, 2.45) is 11.8 Å². The van der Waals surface area contributed by atoms with Crippen molar-refractivity contribution in [3.05, 3.63) is 20.8 Å². The second-order valence-electron chi connectivity index (χ2n) is 4.90. The first-order valence-electron chi connectivity index (χ1n) is 6.29. The van der Waals surface area contributed by atoms with Crippen molar-refractivity contribution in [2.75, 3.05) is 13.2 Å². The summed E-state index contributed by atoms with van der Waals surface area (Å²) in [6.07, 6.45) is 3.73. The Bertz CT molecular complexity index is 355. The first kappa shape index (κ1) is 13.5. The van der Waals surface area contributed by atoms with Crippen molar-refractivity contribution in [2.45, 2.75) is 32.2 Å². The van der Waals surface area contributed by atoms with Crippen molar-refractivity contribution < 1.29 is 5.11 Å². The molecule has 0 saturated heterocycles. The van der Waals surface area contributed by atoms with E-state index in [-0.39, 0.29) is 0 Å². The molecule has 3 atom stereocenters. The van der Waals surface area contributed by atoms with Gasteiger partial charge in [0.15, 0.2) is 0 Å². The molecule has 2 nitrogen and oxygen atoms in total. The molecular formula is C13H20BrNOS. The Balaban J connectivity index is 1.84. The van der Waals surface area contributed by atoms with Gasteiger partial charge < -0.3 is 10.4 Å². The Kier molecular flexibility index (Phi) is 5.03. The summed E-state index contributed by atoms with van der Waals surface area (Å²) in [6.45, 7) is 3.58. The zero-order chi connectivity index (χ0) is 12.3. The number of halogens is 1. The molecule has 2 N–H and O–H groups in total. The van der Waals surface area contributed by atoms with Crippen LogP contribution in [-0.4, -0.2) is 18.3 Å². The second kappa shape index (κ2) is 6.32. The summed E-state index contributed by atoms with van der Waals surface area (Å²) < 4.78 is 1.20. The third-order valence-electron chi connectivity index (χ3n) is 3.78. The summed E-state index contributed by atoms with van der Waals surface area (Å²) in [7, 11) is 0. The molecule has 0 spiro atoms. The molecular weight excluding hydrogens is 298 g/mol. The summed E-state index contributed by atoms with van der Waals surface area (Å²) in [5.41, 5.74) is 0. The molecule has 2 rings (SSSR count). The second-order valence-corrected chi connectivity index (χ2v) is 6.70. The van der Waals surface area contributed by atoms with Crippen LogP contribution in [0.2, 0.25) is 0 Å². The normalized spacial score (nSPS) is 26.3. The molecule has 1 aromatic rings. The topological polar surface area (TPSA) is 32.3 Å². The van der Waals surface area contributed by atoms with Crippen molar-refractivity contribution in [1.82, 2.24) is 5.32 Å². The maximum Gasteiger partial charge on any atom is 0.0462 e. The largest absolute Gasteiger partial charge is 0.396 e. The predicted octanol–water partition coefficient (Wildman–Crippen LogP) is 3.57. The van der Waals surface area contributed by atoms with Crippen molar-refractivity contribution in [3.63, 3.8) is 0 Å². The maximum atomic E-state index is 9.30. The van der Waals surface area contributed by atoms with Crippen LogP contribution in [0.3, 0.4) is 0 Å². The number of aliphatic hydroxyl groups excluding tert-OH is 1. The standard InChI is InChI=1S/C13H20BrNOS/c1-9(13-12(14)5-6-17-13)15-7-10-3-2-4-11(10)8-16/h5-6,9-11,15-16H,2-4,7-8H2,1H3. The average Bonchev–Trinajstić information content (AvgIpc) is 2.94. The van der Waals surface area contributed by atoms with Crippen LogP contribution in [0.1, 0.15) is 37.1 Å². The Morgan fingerprint density at radius 2 is 2.29 bits per heavy atom. The van der Waals surface area contributed by atoms with E-state index in [0.717, 1.165) is 6.54 Å². The molecule has 1 fully saturated rings. The molecule has 1 aliphatic carbocycles. The molecule has 96 valence electrons. The van der Waals surface area contributed by atoms with E-state index in [4.69, 9.17) is 0 Å². The Hall–Kier alpha value is 0.100. The lowest BCUT2D eigenvalue weighted by Crippen LogP contribution is -2.28. The molecule has 4 heteroatoms. The van der Waals surface area contributed by atoms with Gasteiger partial charge in [-0.1, -0.05) is 6.42 Å². The zero-order valence-electron chi connectivity index (χ0n) is 10.2. The van der Waals surface area contributed by atoms with Gasteiger partial charge in [0.05, 0.1) is 0 Å². The number of nitrogens with one attached hydrogen (secondary N) is 1. The third-order valence-corrected chi connectivity index (χ3v) is 5.83. The summed E-state index contributed by atoms with van der Waals surface area (Å²) >= 11 is 5.36. The first-order valence-corrected chi connectivity index (χ1v) is 7.96. The maximum absolute atomic E-state index is 9.30. The number of rotatable bonds is 5. The van der Waals surface area contributed by atoms with Gasteiger partial charge in [-0.25, -0.2) is 0 Å². The average molecular weight is 318 g/mol. The molecule has 0 aliphatic heterocycles. The van der Waals surface area contributed by atoms with E-state index < -0.39 is 0 Å². The molecule has 3 unspecified atom stereocenters. The highest BCUT2D eigenvalue weighted by Crippen LogP contribution is 2.32. The van der Waals surface area contributed by atoms with E-state index in [1.807, 2.05) is 0 Å². The van der Waals surface area contributed by atoms with E-state index in [2.05, 4.69) is 39.6 Å². The fraction of sp³-hybridized carbons (Fsp3) is 0.692. The van der Waals surface area contributed by atoms with Gasteiger partial charge in [-0.15, -0.1) is 11.3 Å². The van der Waals surface area contributed by atoms with Crippen LogP contribution in [0, 0.1) is 11.8 Å². The zero-order valence-corrected chi connectivity index (χ0v) is 12.6. The monoisotopic (exact) mass is 317 g/mol. The predicted molar refractivity (Wildman–Crippen MR) is 76.4 cm³/mol. The van der Waals surface area contributed by atoms with Crippen molar-refractivity contribution >= 4 is 27.3 Å².